The largest absolute Gasteiger partial charge is 0.633 e. The Morgan fingerprint density at radius 2 is 1.90 bits per heavy atom. The van der Waals surface area contributed by atoms with E-state index in [4.69, 9.17) is 0 Å². The van der Waals surface area contributed by atoms with E-state index in [9.17, 15) is 5.21 Å². The van der Waals surface area contributed by atoms with Crippen molar-refractivity contribution in [1.29, 1.82) is 0 Å². The molecule has 0 amide bonds. The monoisotopic (exact) mass is 141 g/mol. The Morgan fingerprint density at radius 1 is 1.30 bits per heavy atom. The van der Waals surface area contributed by atoms with Gasteiger partial charge in [-0.05, 0) is 12.8 Å². The van der Waals surface area contributed by atoms with Crippen molar-refractivity contribution in [2.75, 3.05) is 13.1 Å². The maximum atomic E-state index is 11.8. The number of fused-ring (bicyclic) bond motifs is 3. The molecule has 3 rings (SSSR count). The zero-order valence-electron chi connectivity index (χ0n) is 6.55. The molecule has 2 heteroatoms. The lowest BCUT2D eigenvalue weighted by Crippen LogP contribution is -2.59. The van der Waals surface area contributed by atoms with Crippen molar-refractivity contribution in [3.8, 4) is 0 Å². The highest BCUT2D eigenvalue weighted by Gasteiger charge is 2.38. The van der Waals surface area contributed by atoms with Gasteiger partial charge in [0.05, 0.1) is 19.1 Å². The highest BCUT2D eigenvalue weighted by molar-refractivity contribution is 4.76. The van der Waals surface area contributed by atoms with Crippen LogP contribution in [0.3, 0.4) is 0 Å². The summed E-state index contributed by atoms with van der Waals surface area (Å²) < 4.78 is 0.122. The first-order valence-electron chi connectivity index (χ1n) is 4.28. The highest BCUT2D eigenvalue weighted by Crippen LogP contribution is 2.36. The van der Waals surface area contributed by atoms with Crippen LogP contribution in [0.1, 0.15) is 26.2 Å². The van der Waals surface area contributed by atoms with Gasteiger partial charge in [0, 0.05) is 19.3 Å². The Bertz CT molecular complexity index is 138. The molecular formula is C8H15NO. The first-order chi connectivity index (χ1) is 4.71. The van der Waals surface area contributed by atoms with E-state index in [1.54, 1.807) is 0 Å². The van der Waals surface area contributed by atoms with Crippen LogP contribution >= 0.6 is 0 Å². The minimum atomic E-state index is 0.122. The quantitative estimate of drug-likeness (QED) is 0.370. The van der Waals surface area contributed by atoms with Crippen LogP contribution in [0.2, 0.25) is 0 Å². The van der Waals surface area contributed by atoms with Crippen LogP contribution in [0.5, 0.6) is 0 Å². The number of nitrogens with zero attached hydrogens (tertiary/aromatic N) is 1. The minimum absolute atomic E-state index is 0.122. The lowest BCUT2D eigenvalue weighted by Gasteiger charge is -2.56. The van der Waals surface area contributed by atoms with Gasteiger partial charge in [-0.15, -0.1) is 0 Å². The van der Waals surface area contributed by atoms with Gasteiger partial charge in [0.15, 0.2) is 0 Å². The lowest BCUT2D eigenvalue weighted by atomic mass is 9.83. The second-order valence-electron chi connectivity index (χ2n) is 3.93. The van der Waals surface area contributed by atoms with E-state index in [1.807, 2.05) is 0 Å². The average Bonchev–Trinajstić information content (AvgIpc) is 1.92. The average molecular weight is 141 g/mol. The summed E-state index contributed by atoms with van der Waals surface area (Å²) in [6, 6.07) is 0.396. The molecule has 3 aliphatic rings. The van der Waals surface area contributed by atoms with Gasteiger partial charge in [-0.3, -0.25) is 0 Å². The predicted octanol–water partition coefficient (Wildman–Crippen LogP) is 1.50. The van der Waals surface area contributed by atoms with Crippen molar-refractivity contribution in [3.63, 3.8) is 0 Å². The highest BCUT2D eigenvalue weighted by atomic mass is 16.5. The van der Waals surface area contributed by atoms with Crippen LogP contribution in [0.4, 0.5) is 0 Å². The molecule has 0 aromatic heterocycles. The van der Waals surface area contributed by atoms with Gasteiger partial charge in [0.1, 0.15) is 0 Å². The molecule has 0 N–H and O–H groups in total. The van der Waals surface area contributed by atoms with Crippen LogP contribution in [0.15, 0.2) is 0 Å². The van der Waals surface area contributed by atoms with Crippen molar-refractivity contribution in [2.24, 2.45) is 5.92 Å². The van der Waals surface area contributed by atoms with Crippen LogP contribution in [0.25, 0.3) is 0 Å². The molecule has 3 heterocycles. The molecule has 2 bridgehead atoms. The Morgan fingerprint density at radius 3 is 2.20 bits per heavy atom. The number of hydrogen-bond donors (Lipinski definition) is 0. The normalized spacial score (nSPS) is 53.4. The number of quaternary nitrogens is 1. The van der Waals surface area contributed by atoms with Crippen LogP contribution in [-0.4, -0.2) is 23.8 Å². The topological polar surface area (TPSA) is 23.1 Å². The standard InChI is InChI=1S/C8H15NO/c1-7-6-8-2-4-9(7,10)5-3-8/h7-8H,2-6H2,1H3. The summed E-state index contributed by atoms with van der Waals surface area (Å²) in [6.07, 6.45) is 3.56. The summed E-state index contributed by atoms with van der Waals surface area (Å²) in [5, 5.41) is 11.8. The smallest absolute Gasteiger partial charge is 0.0861 e. The molecule has 2 nitrogen and oxygen atoms in total. The summed E-state index contributed by atoms with van der Waals surface area (Å²) in [6.45, 7) is 3.90. The Kier molecular flexibility index (Phi) is 1.29. The lowest BCUT2D eigenvalue weighted by molar-refractivity contribution is -0.919. The molecule has 1 unspecified atom stereocenters. The molecule has 3 fully saturated rings. The second-order valence-corrected chi connectivity index (χ2v) is 3.93. The molecule has 0 radical (unpaired) electrons. The fraction of sp³-hybridized carbons (Fsp3) is 1.00. The third-order valence-corrected chi connectivity index (χ3v) is 3.31. The first-order valence-corrected chi connectivity index (χ1v) is 4.28. The minimum Gasteiger partial charge on any atom is -0.633 e. The summed E-state index contributed by atoms with van der Waals surface area (Å²) in [4.78, 5) is 0. The SMILES string of the molecule is CC1CC2CC[N+]1([O-])CC2. The van der Waals surface area contributed by atoms with E-state index in [2.05, 4.69) is 6.92 Å². The van der Waals surface area contributed by atoms with Gasteiger partial charge in [0.25, 0.3) is 0 Å². The maximum Gasteiger partial charge on any atom is 0.0861 e. The van der Waals surface area contributed by atoms with E-state index in [1.165, 1.54) is 19.3 Å². The molecule has 0 saturated carbocycles. The first kappa shape index (κ1) is 6.62. The van der Waals surface area contributed by atoms with Crippen molar-refractivity contribution in [1.82, 2.24) is 0 Å². The third-order valence-electron chi connectivity index (χ3n) is 3.31. The second kappa shape index (κ2) is 1.95. The van der Waals surface area contributed by atoms with Crippen LogP contribution in [-0.2, 0) is 0 Å². The van der Waals surface area contributed by atoms with E-state index in [0.717, 1.165) is 19.0 Å². The zero-order valence-corrected chi connectivity index (χ0v) is 6.55. The van der Waals surface area contributed by atoms with Gasteiger partial charge in [-0.25, -0.2) is 0 Å². The summed E-state index contributed by atoms with van der Waals surface area (Å²) in [5.74, 6) is 0.893. The fourth-order valence-electron chi connectivity index (χ4n) is 2.41. The molecule has 10 heavy (non-hydrogen) atoms. The van der Waals surface area contributed by atoms with E-state index < -0.39 is 0 Å². The Hall–Kier alpha value is -0.0800. The number of rotatable bonds is 0. The summed E-state index contributed by atoms with van der Waals surface area (Å²) >= 11 is 0. The van der Waals surface area contributed by atoms with E-state index in [-0.39, 0.29) is 4.65 Å². The molecule has 1 atom stereocenters. The van der Waals surface area contributed by atoms with Gasteiger partial charge in [-0.2, -0.15) is 0 Å². The van der Waals surface area contributed by atoms with E-state index in [0.29, 0.717) is 6.04 Å². The molecule has 0 spiro atoms. The molecule has 3 saturated heterocycles. The molecular weight excluding hydrogens is 126 g/mol. The van der Waals surface area contributed by atoms with Crippen LogP contribution in [0, 0.1) is 11.1 Å². The molecule has 3 aliphatic heterocycles. The van der Waals surface area contributed by atoms with Crippen molar-refractivity contribution in [3.05, 3.63) is 5.21 Å². The summed E-state index contributed by atoms with van der Waals surface area (Å²) in [5.41, 5.74) is 0. The Balaban J connectivity index is 2.17. The van der Waals surface area contributed by atoms with Crippen molar-refractivity contribution in [2.45, 2.75) is 32.2 Å². The van der Waals surface area contributed by atoms with Crippen molar-refractivity contribution < 1.29 is 4.65 Å². The summed E-state index contributed by atoms with van der Waals surface area (Å²) in [7, 11) is 0. The maximum absolute atomic E-state index is 11.8. The van der Waals surface area contributed by atoms with Gasteiger partial charge in [0.2, 0.25) is 0 Å². The predicted molar refractivity (Wildman–Crippen MR) is 40.2 cm³/mol. The number of hydroxylamine groups is 3. The molecule has 0 aromatic carbocycles. The van der Waals surface area contributed by atoms with Crippen LogP contribution < -0.4 is 0 Å². The van der Waals surface area contributed by atoms with Crippen molar-refractivity contribution >= 4 is 0 Å². The zero-order chi connectivity index (χ0) is 7.19. The third kappa shape index (κ3) is 0.789. The number of piperidine rings is 3. The van der Waals surface area contributed by atoms with Gasteiger partial charge >= 0.3 is 0 Å². The molecule has 58 valence electrons. The van der Waals surface area contributed by atoms with E-state index >= 15 is 0 Å². The van der Waals surface area contributed by atoms with Gasteiger partial charge in [-0.1, -0.05) is 0 Å². The van der Waals surface area contributed by atoms with Gasteiger partial charge < -0.3 is 9.85 Å². The number of hydrogen-bond acceptors (Lipinski definition) is 1. The fourth-order valence-corrected chi connectivity index (χ4v) is 2.41. The molecule has 0 aliphatic carbocycles. The Labute approximate surface area is 62.0 Å². The molecule has 0 aromatic rings.